The van der Waals surface area contributed by atoms with Crippen molar-refractivity contribution < 1.29 is 19.5 Å². The lowest BCUT2D eigenvalue weighted by Gasteiger charge is -2.29. The van der Waals surface area contributed by atoms with E-state index in [1.807, 2.05) is 13.8 Å². The Labute approximate surface area is 94.4 Å². The maximum Gasteiger partial charge on any atom is 0.323 e. The molecule has 1 fully saturated rings. The average molecular weight is 227 g/mol. The molecular weight excluding hydrogens is 210 g/mol. The molecule has 0 aromatic rings. The van der Waals surface area contributed by atoms with Crippen molar-refractivity contribution in [2.45, 2.75) is 33.1 Å². The van der Waals surface area contributed by atoms with Gasteiger partial charge < -0.3 is 5.11 Å². The lowest BCUT2D eigenvalue weighted by molar-refractivity contribution is -0.156. The first kappa shape index (κ1) is 12.7. The lowest BCUT2D eigenvalue weighted by Crippen LogP contribution is -2.45. The highest BCUT2D eigenvalue weighted by Crippen LogP contribution is 2.25. The van der Waals surface area contributed by atoms with E-state index in [9.17, 15) is 14.4 Å². The number of rotatable bonds is 4. The summed E-state index contributed by atoms with van der Waals surface area (Å²) in [5.74, 6) is -1.35. The quantitative estimate of drug-likeness (QED) is 0.723. The van der Waals surface area contributed by atoms with E-state index < -0.39 is 12.5 Å². The van der Waals surface area contributed by atoms with Crippen molar-refractivity contribution in [1.29, 1.82) is 0 Å². The second-order valence-electron chi connectivity index (χ2n) is 4.67. The fourth-order valence-corrected chi connectivity index (χ4v) is 2.07. The number of carbonyl (C=O) groups is 3. The molecular formula is C11H17NO4. The molecule has 0 radical (unpaired) electrons. The number of carboxylic acid groups (broad SMARTS) is 1. The molecule has 0 aromatic heterocycles. The van der Waals surface area contributed by atoms with Crippen LogP contribution < -0.4 is 0 Å². The number of aliphatic carboxylic acids is 1. The van der Waals surface area contributed by atoms with Crippen LogP contribution in [0.4, 0.5) is 0 Å². The van der Waals surface area contributed by atoms with E-state index in [1.54, 1.807) is 0 Å². The fraction of sp³-hybridized carbons (Fsp3) is 0.727. The average Bonchev–Trinajstić information content (AvgIpc) is 2.10. The summed E-state index contributed by atoms with van der Waals surface area (Å²) < 4.78 is 0. The van der Waals surface area contributed by atoms with Gasteiger partial charge in [-0.05, 0) is 18.3 Å². The van der Waals surface area contributed by atoms with E-state index in [0.29, 0.717) is 5.92 Å². The van der Waals surface area contributed by atoms with Crippen molar-refractivity contribution in [3.05, 3.63) is 0 Å². The van der Waals surface area contributed by atoms with Crippen molar-refractivity contribution in [3.63, 3.8) is 0 Å². The fourth-order valence-electron chi connectivity index (χ4n) is 2.07. The maximum absolute atomic E-state index is 11.6. The minimum Gasteiger partial charge on any atom is -0.480 e. The molecule has 1 N–H and O–H groups in total. The zero-order valence-corrected chi connectivity index (χ0v) is 9.60. The molecule has 16 heavy (non-hydrogen) atoms. The Hall–Kier alpha value is -1.39. The Balaban J connectivity index is 2.60. The van der Waals surface area contributed by atoms with Crippen molar-refractivity contribution in [2.75, 3.05) is 6.54 Å². The second kappa shape index (κ2) is 5.09. The molecule has 1 aliphatic heterocycles. The van der Waals surface area contributed by atoms with E-state index in [2.05, 4.69) is 0 Å². The number of carbonyl (C=O) groups excluding carboxylic acids is 2. The van der Waals surface area contributed by atoms with E-state index in [0.717, 1.165) is 11.3 Å². The van der Waals surface area contributed by atoms with Crippen LogP contribution in [0.25, 0.3) is 0 Å². The van der Waals surface area contributed by atoms with Gasteiger partial charge in [-0.3, -0.25) is 19.3 Å². The number of carboxylic acids is 1. The van der Waals surface area contributed by atoms with E-state index in [4.69, 9.17) is 5.11 Å². The molecule has 0 saturated carbocycles. The summed E-state index contributed by atoms with van der Waals surface area (Å²) in [6.45, 7) is 3.57. The number of amides is 2. The summed E-state index contributed by atoms with van der Waals surface area (Å²) in [6, 6.07) is 0. The molecule has 0 unspecified atom stereocenters. The number of hydrogen-bond acceptors (Lipinski definition) is 3. The summed E-state index contributed by atoms with van der Waals surface area (Å²) >= 11 is 0. The topological polar surface area (TPSA) is 74.7 Å². The van der Waals surface area contributed by atoms with Crippen LogP contribution in [0.3, 0.4) is 0 Å². The molecule has 1 aliphatic rings. The molecule has 90 valence electrons. The van der Waals surface area contributed by atoms with E-state index in [1.165, 1.54) is 0 Å². The van der Waals surface area contributed by atoms with Crippen molar-refractivity contribution in [2.24, 2.45) is 11.8 Å². The number of imide groups is 1. The highest BCUT2D eigenvalue weighted by atomic mass is 16.4. The maximum atomic E-state index is 11.6. The predicted molar refractivity (Wildman–Crippen MR) is 56.5 cm³/mol. The van der Waals surface area contributed by atoms with Crippen LogP contribution in [0.5, 0.6) is 0 Å². The Morgan fingerprint density at radius 3 is 2.25 bits per heavy atom. The van der Waals surface area contributed by atoms with Gasteiger partial charge in [-0.2, -0.15) is 0 Å². The Morgan fingerprint density at radius 2 is 1.88 bits per heavy atom. The standard InChI is InChI=1S/C11H17NO4/c1-7(2)3-8-4-9(13)12(6-11(15)16)10(14)5-8/h7-8H,3-6H2,1-2H3,(H,15,16). The molecule has 0 bridgehead atoms. The number of nitrogens with zero attached hydrogens (tertiary/aromatic N) is 1. The van der Waals surface area contributed by atoms with Gasteiger partial charge in [-0.25, -0.2) is 0 Å². The third kappa shape index (κ3) is 3.32. The highest BCUT2D eigenvalue weighted by molar-refractivity contribution is 6.00. The predicted octanol–water partition coefficient (Wildman–Crippen LogP) is 0.882. The Kier molecular flexibility index (Phi) is 4.04. The molecule has 2 amide bonds. The summed E-state index contributed by atoms with van der Waals surface area (Å²) in [5.41, 5.74) is 0. The van der Waals surface area contributed by atoms with Crippen molar-refractivity contribution in [1.82, 2.24) is 4.90 Å². The second-order valence-corrected chi connectivity index (χ2v) is 4.67. The largest absolute Gasteiger partial charge is 0.480 e. The van der Waals surface area contributed by atoms with Crippen molar-refractivity contribution in [3.8, 4) is 0 Å². The molecule has 1 heterocycles. The molecule has 5 heteroatoms. The van der Waals surface area contributed by atoms with Crippen molar-refractivity contribution >= 4 is 17.8 Å². The molecule has 5 nitrogen and oxygen atoms in total. The van der Waals surface area contributed by atoms with Crippen LogP contribution in [-0.4, -0.2) is 34.3 Å². The Morgan fingerprint density at radius 1 is 1.38 bits per heavy atom. The van der Waals surface area contributed by atoms with Crippen LogP contribution in [0.1, 0.15) is 33.1 Å². The number of piperidine rings is 1. The smallest absolute Gasteiger partial charge is 0.323 e. The summed E-state index contributed by atoms with van der Waals surface area (Å²) in [4.78, 5) is 34.5. The minimum atomic E-state index is -1.15. The van der Waals surface area contributed by atoms with Crippen LogP contribution in [-0.2, 0) is 14.4 Å². The SMILES string of the molecule is CC(C)CC1CC(=O)N(CC(=O)O)C(=O)C1. The van der Waals surface area contributed by atoms with Gasteiger partial charge in [-0.1, -0.05) is 13.8 Å². The summed E-state index contributed by atoms with van der Waals surface area (Å²) in [7, 11) is 0. The van der Waals surface area contributed by atoms with Gasteiger partial charge in [-0.15, -0.1) is 0 Å². The number of hydrogen-bond donors (Lipinski definition) is 1. The molecule has 0 spiro atoms. The molecule has 0 aliphatic carbocycles. The van der Waals surface area contributed by atoms with E-state index >= 15 is 0 Å². The highest BCUT2D eigenvalue weighted by Gasteiger charge is 2.33. The van der Waals surface area contributed by atoms with Gasteiger partial charge in [0.2, 0.25) is 11.8 Å². The van der Waals surface area contributed by atoms with Crippen LogP contribution in [0.15, 0.2) is 0 Å². The first-order valence-electron chi connectivity index (χ1n) is 5.45. The third-order valence-corrected chi connectivity index (χ3v) is 2.63. The molecule has 1 rings (SSSR count). The minimum absolute atomic E-state index is 0.0741. The van der Waals surface area contributed by atoms with Gasteiger partial charge in [0.25, 0.3) is 0 Å². The van der Waals surface area contributed by atoms with Crippen LogP contribution in [0.2, 0.25) is 0 Å². The van der Waals surface area contributed by atoms with Gasteiger partial charge >= 0.3 is 5.97 Å². The molecule has 1 saturated heterocycles. The van der Waals surface area contributed by atoms with Gasteiger partial charge in [0, 0.05) is 12.8 Å². The monoisotopic (exact) mass is 227 g/mol. The first-order valence-corrected chi connectivity index (χ1v) is 5.45. The van der Waals surface area contributed by atoms with Crippen LogP contribution in [0, 0.1) is 11.8 Å². The zero-order chi connectivity index (χ0) is 12.3. The normalized spacial score (nSPS) is 18.3. The van der Waals surface area contributed by atoms with E-state index in [-0.39, 0.29) is 30.6 Å². The van der Waals surface area contributed by atoms with Crippen LogP contribution >= 0.6 is 0 Å². The van der Waals surface area contributed by atoms with Gasteiger partial charge in [0.1, 0.15) is 6.54 Å². The zero-order valence-electron chi connectivity index (χ0n) is 9.60. The lowest BCUT2D eigenvalue weighted by atomic mass is 9.88. The Bertz CT molecular complexity index is 293. The van der Waals surface area contributed by atoms with Gasteiger partial charge in [0.05, 0.1) is 0 Å². The first-order chi connectivity index (χ1) is 7.40. The summed E-state index contributed by atoms with van der Waals surface area (Å²) in [6.07, 6.45) is 1.41. The third-order valence-electron chi connectivity index (χ3n) is 2.63. The molecule has 0 atom stereocenters. The molecule has 0 aromatic carbocycles. The summed E-state index contributed by atoms with van der Waals surface area (Å²) in [5, 5.41) is 8.57. The number of likely N-dealkylation sites (tertiary alicyclic amines) is 1. The van der Waals surface area contributed by atoms with Gasteiger partial charge in [0.15, 0.2) is 0 Å².